The van der Waals surface area contributed by atoms with Crippen LogP contribution >= 0.6 is 39.7 Å². The first-order valence-electron chi connectivity index (χ1n) is 6.21. The summed E-state index contributed by atoms with van der Waals surface area (Å²) in [4.78, 5) is 14.5. The predicted molar refractivity (Wildman–Crippen MR) is 95.3 cm³/mol. The molecule has 0 amide bonds. The first kappa shape index (κ1) is 16.1. The third-order valence-corrected chi connectivity index (χ3v) is 4.64. The van der Waals surface area contributed by atoms with Crippen molar-refractivity contribution in [2.75, 3.05) is 5.32 Å². The molecule has 7 heteroatoms. The van der Waals surface area contributed by atoms with Gasteiger partial charge in [0.1, 0.15) is 5.82 Å². The molecule has 0 unspecified atom stereocenters. The Hall–Kier alpha value is -1.31. The van der Waals surface area contributed by atoms with Gasteiger partial charge in [0.15, 0.2) is 5.13 Å². The fourth-order valence-electron chi connectivity index (χ4n) is 1.92. The van der Waals surface area contributed by atoms with E-state index in [0.717, 1.165) is 32.2 Å². The molecule has 0 spiro atoms. The molecule has 0 aliphatic carbocycles. The van der Waals surface area contributed by atoms with Crippen molar-refractivity contribution in [1.82, 2.24) is 15.0 Å². The molecule has 21 heavy (non-hydrogen) atoms. The van der Waals surface area contributed by atoms with E-state index in [0.29, 0.717) is 0 Å². The summed E-state index contributed by atoms with van der Waals surface area (Å²) in [6, 6.07) is 3.98. The maximum atomic E-state index is 4.62. The SMILES string of the molecule is Br.Cc1ccnc(Nc2nc(-c3sc(C)nc3C)cs2)c1. The van der Waals surface area contributed by atoms with Crippen molar-refractivity contribution in [2.45, 2.75) is 20.8 Å². The second-order valence-corrected chi connectivity index (χ2v) is 6.59. The molecule has 1 N–H and O–H groups in total. The van der Waals surface area contributed by atoms with Crippen LogP contribution in [-0.2, 0) is 0 Å². The van der Waals surface area contributed by atoms with Gasteiger partial charge in [0.05, 0.1) is 21.3 Å². The molecule has 0 saturated carbocycles. The number of thiazole rings is 2. The minimum atomic E-state index is 0. The van der Waals surface area contributed by atoms with Crippen LogP contribution in [0, 0.1) is 20.8 Å². The van der Waals surface area contributed by atoms with Gasteiger partial charge in [-0.2, -0.15) is 0 Å². The van der Waals surface area contributed by atoms with Gasteiger partial charge in [0.2, 0.25) is 0 Å². The Morgan fingerprint density at radius 1 is 1.14 bits per heavy atom. The Balaban J connectivity index is 0.00000161. The van der Waals surface area contributed by atoms with Gasteiger partial charge in [-0.3, -0.25) is 0 Å². The van der Waals surface area contributed by atoms with Crippen LogP contribution in [0.1, 0.15) is 16.3 Å². The molecule has 3 aromatic heterocycles. The van der Waals surface area contributed by atoms with Crippen molar-refractivity contribution < 1.29 is 0 Å². The first-order chi connectivity index (χ1) is 9.61. The average Bonchev–Trinajstić information content (AvgIpc) is 2.96. The van der Waals surface area contributed by atoms with E-state index in [2.05, 4.69) is 25.6 Å². The second-order valence-electron chi connectivity index (χ2n) is 4.53. The largest absolute Gasteiger partial charge is 0.316 e. The lowest BCUT2D eigenvalue weighted by atomic mass is 10.3. The predicted octanol–water partition coefficient (Wildman–Crippen LogP) is 4.91. The summed E-state index contributed by atoms with van der Waals surface area (Å²) in [5.41, 5.74) is 3.19. The van der Waals surface area contributed by atoms with E-state index >= 15 is 0 Å². The lowest BCUT2D eigenvalue weighted by Crippen LogP contribution is -1.92. The number of aromatic nitrogens is 3. The number of nitrogens with one attached hydrogen (secondary N) is 1. The topological polar surface area (TPSA) is 50.7 Å². The molecule has 3 heterocycles. The Bertz CT molecular complexity index is 751. The monoisotopic (exact) mass is 382 g/mol. The molecule has 4 nitrogen and oxygen atoms in total. The van der Waals surface area contributed by atoms with Gasteiger partial charge in [-0.1, -0.05) is 0 Å². The van der Waals surface area contributed by atoms with Crippen LogP contribution in [0.5, 0.6) is 0 Å². The molecule has 0 aliphatic rings. The fraction of sp³-hybridized carbons (Fsp3) is 0.214. The van der Waals surface area contributed by atoms with Crippen LogP contribution < -0.4 is 5.32 Å². The quantitative estimate of drug-likeness (QED) is 0.698. The zero-order chi connectivity index (χ0) is 14.1. The molecule has 0 atom stereocenters. The minimum Gasteiger partial charge on any atom is -0.316 e. The molecular weight excluding hydrogens is 368 g/mol. The summed E-state index contributed by atoms with van der Waals surface area (Å²) in [6.45, 7) is 6.08. The van der Waals surface area contributed by atoms with E-state index in [-0.39, 0.29) is 17.0 Å². The summed E-state index contributed by atoms with van der Waals surface area (Å²) in [5.74, 6) is 0.822. The highest BCUT2D eigenvalue weighted by molar-refractivity contribution is 8.93. The second kappa shape index (κ2) is 6.64. The fourth-order valence-corrected chi connectivity index (χ4v) is 3.58. The highest BCUT2D eigenvalue weighted by atomic mass is 79.9. The first-order valence-corrected chi connectivity index (χ1v) is 7.91. The molecule has 0 bridgehead atoms. The molecule has 0 aromatic carbocycles. The highest BCUT2D eigenvalue weighted by Gasteiger charge is 2.11. The Morgan fingerprint density at radius 2 is 1.95 bits per heavy atom. The summed E-state index contributed by atoms with van der Waals surface area (Å²) in [7, 11) is 0. The van der Waals surface area contributed by atoms with E-state index in [9.17, 15) is 0 Å². The van der Waals surface area contributed by atoms with Crippen molar-refractivity contribution in [3.05, 3.63) is 40.0 Å². The van der Waals surface area contributed by atoms with Crippen molar-refractivity contribution >= 4 is 50.6 Å². The van der Waals surface area contributed by atoms with Gasteiger partial charge in [-0.25, -0.2) is 15.0 Å². The third kappa shape index (κ3) is 3.66. The van der Waals surface area contributed by atoms with E-state index in [4.69, 9.17) is 0 Å². The van der Waals surface area contributed by atoms with Gasteiger partial charge < -0.3 is 5.32 Å². The van der Waals surface area contributed by atoms with E-state index in [1.54, 1.807) is 28.9 Å². The number of pyridine rings is 1. The van der Waals surface area contributed by atoms with Gasteiger partial charge in [0, 0.05) is 11.6 Å². The van der Waals surface area contributed by atoms with Crippen molar-refractivity contribution in [2.24, 2.45) is 0 Å². The summed E-state index contributed by atoms with van der Waals surface area (Å²) >= 11 is 3.26. The summed E-state index contributed by atoms with van der Waals surface area (Å²) in [6.07, 6.45) is 1.79. The van der Waals surface area contributed by atoms with E-state index in [1.807, 2.05) is 32.9 Å². The lowest BCUT2D eigenvalue weighted by molar-refractivity contribution is 1.20. The van der Waals surface area contributed by atoms with Crippen molar-refractivity contribution in [3.63, 3.8) is 0 Å². The number of rotatable bonds is 3. The maximum Gasteiger partial charge on any atom is 0.188 e. The number of anilines is 2. The number of hydrogen-bond acceptors (Lipinski definition) is 6. The summed E-state index contributed by atoms with van der Waals surface area (Å²) < 4.78 is 0. The molecule has 0 radical (unpaired) electrons. The molecule has 3 rings (SSSR count). The Labute approximate surface area is 142 Å². The molecule has 3 aromatic rings. The number of aryl methyl sites for hydroxylation is 3. The lowest BCUT2D eigenvalue weighted by Gasteiger charge is -2.01. The standard InChI is InChI=1S/C14H14N4S2.BrH/c1-8-4-5-15-12(6-8)18-14-17-11(7-19-14)13-9(2)16-10(3)20-13;/h4-7H,1-3H3,(H,15,17,18);1H. The van der Waals surface area contributed by atoms with Crippen LogP contribution in [0.3, 0.4) is 0 Å². The molecule has 0 aliphatic heterocycles. The van der Waals surface area contributed by atoms with Crippen LogP contribution in [0.15, 0.2) is 23.7 Å². The van der Waals surface area contributed by atoms with Crippen LogP contribution in [-0.4, -0.2) is 15.0 Å². The van der Waals surface area contributed by atoms with Crippen LogP contribution in [0.2, 0.25) is 0 Å². The van der Waals surface area contributed by atoms with Crippen molar-refractivity contribution in [3.8, 4) is 10.6 Å². The number of halogens is 1. The molecule has 0 fully saturated rings. The summed E-state index contributed by atoms with van der Waals surface area (Å²) in [5, 5.41) is 7.22. The molecule has 0 saturated heterocycles. The zero-order valence-electron chi connectivity index (χ0n) is 11.9. The van der Waals surface area contributed by atoms with E-state index in [1.165, 1.54) is 5.56 Å². The maximum absolute atomic E-state index is 4.62. The molecule has 110 valence electrons. The van der Waals surface area contributed by atoms with Crippen molar-refractivity contribution in [1.29, 1.82) is 0 Å². The Kier molecular flexibility index (Phi) is 5.08. The smallest absolute Gasteiger partial charge is 0.188 e. The number of nitrogens with zero attached hydrogens (tertiary/aromatic N) is 3. The third-order valence-electron chi connectivity index (χ3n) is 2.79. The minimum absolute atomic E-state index is 0. The van der Waals surface area contributed by atoms with Gasteiger partial charge >= 0.3 is 0 Å². The normalized spacial score (nSPS) is 10.2. The van der Waals surface area contributed by atoms with Gasteiger partial charge in [-0.15, -0.1) is 39.7 Å². The Morgan fingerprint density at radius 3 is 2.62 bits per heavy atom. The van der Waals surface area contributed by atoms with Crippen LogP contribution in [0.4, 0.5) is 10.9 Å². The molecular formula is C14H15BrN4S2. The zero-order valence-corrected chi connectivity index (χ0v) is 15.2. The van der Waals surface area contributed by atoms with Gasteiger partial charge in [-0.05, 0) is 38.5 Å². The average molecular weight is 383 g/mol. The highest BCUT2D eigenvalue weighted by Crippen LogP contribution is 2.32. The van der Waals surface area contributed by atoms with E-state index < -0.39 is 0 Å². The van der Waals surface area contributed by atoms with Crippen LogP contribution in [0.25, 0.3) is 10.6 Å². The van der Waals surface area contributed by atoms with Gasteiger partial charge in [0.25, 0.3) is 0 Å². The number of hydrogen-bond donors (Lipinski definition) is 1.